The molecular weight excluding hydrogens is 243 g/mol. The smallest absolute Gasteiger partial charge is 0.148 e. The summed E-state index contributed by atoms with van der Waals surface area (Å²) in [5, 5.41) is 7.71. The Kier molecular flexibility index (Phi) is 2.72. The molecule has 0 fully saturated rings. The number of halogens is 1. The standard InChI is InChI=1S/C14H11FN4/c15-11-7-14-10(6-12(11)16)13(18-19-14)4-3-9-2-1-5-17-8-9/h1-8H,16H2,(H,18,19). The fourth-order valence-electron chi connectivity index (χ4n) is 1.85. The molecule has 0 spiro atoms. The third-order valence-electron chi connectivity index (χ3n) is 2.83. The summed E-state index contributed by atoms with van der Waals surface area (Å²) in [6.07, 6.45) is 7.19. The van der Waals surface area contributed by atoms with E-state index in [9.17, 15) is 4.39 Å². The zero-order valence-electron chi connectivity index (χ0n) is 9.97. The quantitative estimate of drug-likeness (QED) is 0.691. The summed E-state index contributed by atoms with van der Waals surface area (Å²) in [6.45, 7) is 0. The van der Waals surface area contributed by atoms with Crippen molar-refractivity contribution < 1.29 is 4.39 Å². The van der Waals surface area contributed by atoms with Crippen LogP contribution in [0.1, 0.15) is 11.3 Å². The van der Waals surface area contributed by atoms with Crippen molar-refractivity contribution in [3.8, 4) is 0 Å². The van der Waals surface area contributed by atoms with Crippen molar-refractivity contribution in [1.82, 2.24) is 15.2 Å². The average molecular weight is 254 g/mol. The van der Waals surface area contributed by atoms with Crippen LogP contribution in [-0.4, -0.2) is 15.2 Å². The summed E-state index contributed by atoms with van der Waals surface area (Å²) in [7, 11) is 0. The predicted octanol–water partition coefficient (Wildman–Crippen LogP) is 2.85. The van der Waals surface area contributed by atoms with Crippen LogP contribution in [0.3, 0.4) is 0 Å². The summed E-state index contributed by atoms with van der Waals surface area (Å²) in [6, 6.07) is 6.72. The Balaban J connectivity index is 2.02. The van der Waals surface area contributed by atoms with Gasteiger partial charge >= 0.3 is 0 Å². The van der Waals surface area contributed by atoms with Crippen LogP contribution in [0.4, 0.5) is 10.1 Å². The number of nitrogens with zero attached hydrogens (tertiary/aromatic N) is 2. The minimum atomic E-state index is -0.445. The van der Waals surface area contributed by atoms with Crippen molar-refractivity contribution in [2.24, 2.45) is 0 Å². The first kappa shape index (κ1) is 11.4. The Bertz CT molecular complexity index is 747. The summed E-state index contributed by atoms with van der Waals surface area (Å²) in [5.74, 6) is -0.445. The number of nitrogens with one attached hydrogen (secondary N) is 1. The van der Waals surface area contributed by atoms with Gasteiger partial charge in [-0.2, -0.15) is 5.10 Å². The van der Waals surface area contributed by atoms with Crippen LogP contribution in [0.15, 0.2) is 36.7 Å². The van der Waals surface area contributed by atoms with Gasteiger partial charge < -0.3 is 5.73 Å². The van der Waals surface area contributed by atoms with Crippen molar-refractivity contribution in [3.05, 3.63) is 53.7 Å². The fraction of sp³-hybridized carbons (Fsp3) is 0. The Morgan fingerprint density at radius 1 is 1.26 bits per heavy atom. The highest BCUT2D eigenvalue weighted by atomic mass is 19.1. The van der Waals surface area contributed by atoms with Crippen LogP contribution in [0.5, 0.6) is 0 Å². The van der Waals surface area contributed by atoms with Gasteiger partial charge in [0.25, 0.3) is 0 Å². The van der Waals surface area contributed by atoms with Gasteiger partial charge in [-0.25, -0.2) is 4.39 Å². The minimum absolute atomic E-state index is 0.116. The van der Waals surface area contributed by atoms with Crippen molar-refractivity contribution in [1.29, 1.82) is 0 Å². The Morgan fingerprint density at radius 2 is 2.16 bits per heavy atom. The van der Waals surface area contributed by atoms with Gasteiger partial charge in [0.1, 0.15) is 5.82 Å². The summed E-state index contributed by atoms with van der Waals surface area (Å²) < 4.78 is 13.3. The van der Waals surface area contributed by atoms with E-state index in [0.717, 1.165) is 10.9 Å². The van der Waals surface area contributed by atoms with Crippen LogP contribution in [0.2, 0.25) is 0 Å². The van der Waals surface area contributed by atoms with Gasteiger partial charge in [-0.15, -0.1) is 0 Å². The topological polar surface area (TPSA) is 67.6 Å². The van der Waals surface area contributed by atoms with E-state index in [4.69, 9.17) is 5.73 Å². The molecule has 1 aromatic carbocycles. The Labute approximate surface area is 108 Å². The molecule has 3 N–H and O–H groups in total. The number of benzene rings is 1. The molecule has 0 unspecified atom stereocenters. The highest BCUT2D eigenvalue weighted by Gasteiger charge is 2.07. The molecule has 0 saturated heterocycles. The van der Waals surface area contributed by atoms with E-state index < -0.39 is 5.82 Å². The number of H-pyrrole nitrogens is 1. The number of nitrogens with two attached hydrogens (primary N) is 1. The predicted molar refractivity (Wildman–Crippen MR) is 73.6 cm³/mol. The lowest BCUT2D eigenvalue weighted by molar-refractivity contribution is 0.634. The number of hydrogen-bond acceptors (Lipinski definition) is 3. The normalized spacial score (nSPS) is 11.4. The van der Waals surface area contributed by atoms with Crippen LogP contribution in [-0.2, 0) is 0 Å². The number of fused-ring (bicyclic) bond motifs is 1. The summed E-state index contributed by atoms with van der Waals surface area (Å²) >= 11 is 0. The minimum Gasteiger partial charge on any atom is -0.396 e. The monoisotopic (exact) mass is 254 g/mol. The van der Waals surface area contributed by atoms with Gasteiger partial charge in [0.2, 0.25) is 0 Å². The molecule has 0 aliphatic carbocycles. The number of pyridine rings is 1. The molecule has 0 atom stereocenters. The highest BCUT2D eigenvalue weighted by molar-refractivity contribution is 5.91. The van der Waals surface area contributed by atoms with Gasteiger partial charge in [-0.1, -0.05) is 12.1 Å². The lowest BCUT2D eigenvalue weighted by Gasteiger charge is -1.96. The molecule has 4 nitrogen and oxygen atoms in total. The third kappa shape index (κ3) is 2.18. The second-order valence-electron chi connectivity index (χ2n) is 4.15. The molecule has 0 bridgehead atoms. The Morgan fingerprint density at radius 3 is 2.95 bits per heavy atom. The van der Waals surface area contributed by atoms with Crippen molar-refractivity contribution >= 4 is 28.7 Å². The van der Waals surface area contributed by atoms with Gasteiger partial charge in [-0.05, 0) is 23.8 Å². The number of anilines is 1. The number of aromatic amines is 1. The van der Waals surface area contributed by atoms with Gasteiger partial charge in [-0.3, -0.25) is 10.1 Å². The van der Waals surface area contributed by atoms with Crippen LogP contribution < -0.4 is 5.73 Å². The highest BCUT2D eigenvalue weighted by Crippen LogP contribution is 2.23. The van der Waals surface area contributed by atoms with E-state index in [2.05, 4.69) is 15.2 Å². The van der Waals surface area contributed by atoms with Gasteiger partial charge in [0.15, 0.2) is 0 Å². The number of hydrogen-bond donors (Lipinski definition) is 2. The zero-order valence-corrected chi connectivity index (χ0v) is 9.97. The van der Waals surface area contributed by atoms with Gasteiger partial charge in [0, 0.05) is 23.8 Å². The number of rotatable bonds is 2. The first-order chi connectivity index (χ1) is 9.24. The van der Waals surface area contributed by atoms with Crippen LogP contribution in [0.25, 0.3) is 23.1 Å². The molecule has 0 aliphatic rings. The van der Waals surface area contributed by atoms with E-state index in [1.807, 2.05) is 24.3 Å². The first-order valence-electron chi connectivity index (χ1n) is 5.75. The SMILES string of the molecule is Nc1cc2c(C=Cc3cccnc3)n[nH]c2cc1F. The third-order valence-corrected chi connectivity index (χ3v) is 2.83. The molecule has 0 radical (unpaired) electrons. The lowest BCUT2D eigenvalue weighted by Crippen LogP contribution is -1.89. The van der Waals surface area contributed by atoms with Crippen LogP contribution >= 0.6 is 0 Å². The molecular formula is C14H11FN4. The van der Waals surface area contributed by atoms with Gasteiger partial charge in [0.05, 0.1) is 16.9 Å². The fourth-order valence-corrected chi connectivity index (χ4v) is 1.85. The maximum absolute atomic E-state index is 13.3. The molecule has 19 heavy (non-hydrogen) atoms. The number of nitrogen functional groups attached to an aromatic ring is 1. The number of aromatic nitrogens is 3. The van der Waals surface area contributed by atoms with Crippen molar-refractivity contribution in [2.75, 3.05) is 5.73 Å². The summed E-state index contributed by atoms with van der Waals surface area (Å²) in [5.41, 5.74) is 7.99. The molecule has 2 aromatic heterocycles. The molecule has 0 aliphatic heterocycles. The molecule has 3 rings (SSSR count). The van der Waals surface area contributed by atoms with Crippen molar-refractivity contribution in [3.63, 3.8) is 0 Å². The van der Waals surface area contributed by atoms with E-state index in [0.29, 0.717) is 11.2 Å². The second kappa shape index (κ2) is 4.53. The van der Waals surface area contributed by atoms with Crippen molar-refractivity contribution in [2.45, 2.75) is 0 Å². The maximum atomic E-state index is 13.3. The van der Waals surface area contributed by atoms with E-state index >= 15 is 0 Å². The molecule has 94 valence electrons. The van der Waals surface area contributed by atoms with E-state index in [1.165, 1.54) is 6.07 Å². The van der Waals surface area contributed by atoms with Crippen LogP contribution in [0, 0.1) is 5.82 Å². The lowest BCUT2D eigenvalue weighted by atomic mass is 10.1. The Hall–Kier alpha value is -2.69. The average Bonchev–Trinajstić information content (AvgIpc) is 2.80. The first-order valence-corrected chi connectivity index (χ1v) is 5.75. The molecule has 0 saturated carbocycles. The van der Waals surface area contributed by atoms with E-state index in [-0.39, 0.29) is 5.69 Å². The molecule has 2 heterocycles. The van der Waals surface area contributed by atoms with E-state index in [1.54, 1.807) is 18.5 Å². The molecule has 0 amide bonds. The summed E-state index contributed by atoms with van der Waals surface area (Å²) in [4.78, 5) is 4.02. The zero-order chi connectivity index (χ0) is 13.2. The largest absolute Gasteiger partial charge is 0.396 e. The second-order valence-corrected chi connectivity index (χ2v) is 4.15. The molecule has 5 heteroatoms. The molecule has 3 aromatic rings. The maximum Gasteiger partial charge on any atom is 0.148 e.